The molecule has 4 aliphatic rings. The lowest BCUT2D eigenvalue weighted by Crippen LogP contribution is -2.55. The normalized spacial score (nSPS) is 44.4. The minimum Gasteiger partial charge on any atom is -0.425 e. The smallest absolute Gasteiger partial charge is 0.217 e. The van der Waals surface area contributed by atoms with Crippen LogP contribution in [-0.2, 0) is 12.8 Å². The lowest BCUT2D eigenvalue weighted by Gasteiger charge is -2.65. The van der Waals surface area contributed by atoms with Gasteiger partial charge in [-0.15, -0.1) is 10.2 Å². The number of hydrogen-bond donors (Lipinski definition) is 1. The van der Waals surface area contributed by atoms with E-state index < -0.39 is 0 Å². The molecule has 0 aliphatic heterocycles. The van der Waals surface area contributed by atoms with Crippen molar-refractivity contribution in [3.63, 3.8) is 0 Å². The van der Waals surface area contributed by atoms with Gasteiger partial charge in [-0.05, 0) is 60.7 Å². The Bertz CT molecular complexity index is 534. The van der Waals surface area contributed by atoms with Gasteiger partial charge in [-0.1, -0.05) is 13.8 Å². The van der Waals surface area contributed by atoms with Crippen LogP contribution < -0.4 is 5.73 Å². The molecule has 4 nitrogen and oxygen atoms in total. The van der Waals surface area contributed by atoms with E-state index in [1.165, 1.54) is 38.5 Å². The van der Waals surface area contributed by atoms with Crippen LogP contribution in [0.5, 0.6) is 0 Å². The lowest BCUT2D eigenvalue weighted by atomic mass is 9.40. The summed E-state index contributed by atoms with van der Waals surface area (Å²) in [5.74, 6) is 2.46. The van der Waals surface area contributed by atoms with Gasteiger partial charge in [-0.25, -0.2) is 0 Å². The van der Waals surface area contributed by atoms with Crippen molar-refractivity contribution in [3.8, 4) is 0 Å². The molecule has 4 aliphatic carbocycles. The molecule has 0 spiro atoms. The predicted molar refractivity (Wildman–Crippen MR) is 80.6 cm³/mol. The van der Waals surface area contributed by atoms with Crippen molar-refractivity contribution in [2.24, 2.45) is 27.9 Å². The summed E-state index contributed by atoms with van der Waals surface area (Å²) in [6, 6.07) is 0. The molecule has 1 aromatic heterocycles. The van der Waals surface area contributed by atoms with Gasteiger partial charge in [-0.2, -0.15) is 0 Å². The van der Waals surface area contributed by atoms with Crippen molar-refractivity contribution in [2.75, 3.05) is 6.54 Å². The molecule has 5 rings (SSSR count). The molecular weight excluding hydrogens is 262 g/mol. The van der Waals surface area contributed by atoms with E-state index in [4.69, 9.17) is 10.2 Å². The van der Waals surface area contributed by atoms with Gasteiger partial charge in [0.25, 0.3) is 0 Å². The van der Waals surface area contributed by atoms with Gasteiger partial charge in [0.15, 0.2) is 0 Å². The molecule has 4 bridgehead atoms. The number of nitrogens with zero attached hydrogens (tertiary/aromatic N) is 2. The minimum atomic E-state index is 0.412. The van der Waals surface area contributed by atoms with Crippen molar-refractivity contribution in [2.45, 2.75) is 65.2 Å². The first-order valence-corrected chi connectivity index (χ1v) is 8.43. The molecule has 0 aromatic carbocycles. The molecule has 21 heavy (non-hydrogen) atoms. The van der Waals surface area contributed by atoms with E-state index in [9.17, 15) is 0 Å². The fraction of sp³-hybridized carbons (Fsp3) is 0.882. The number of hydrogen-bond acceptors (Lipinski definition) is 4. The topological polar surface area (TPSA) is 64.9 Å². The van der Waals surface area contributed by atoms with Crippen molar-refractivity contribution >= 4 is 0 Å². The number of nitrogens with two attached hydrogens (primary N) is 1. The standard InChI is InChI=1S/C17H27N3O/c1-15-5-12-6-16(2,9-15)11-17(7-12,10-15)8-14-20-19-13(21-14)3-4-18/h12H,3-11,18H2,1-2H3. The van der Waals surface area contributed by atoms with E-state index in [2.05, 4.69) is 24.0 Å². The van der Waals surface area contributed by atoms with Crippen LogP contribution in [0.4, 0.5) is 0 Å². The minimum absolute atomic E-state index is 0.412. The summed E-state index contributed by atoms with van der Waals surface area (Å²) >= 11 is 0. The SMILES string of the molecule is CC12CC3CC(C)(C1)CC(Cc1nnc(CCN)o1)(C3)C2. The fourth-order valence-electron chi connectivity index (χ4n) is 6.79. The highest BCUT2D eigenvalue weighted by atomic mass is 16.4. The van der Waals surface area contributed by atoms with Gasteiger partial charge in [0.1, 0.15) is 0 Å². The average Bonchev–Trinajstić information content (AvgIpc) is 2.71. The Morgan fingerprint density at radius 2 is 1.71 bits per heavy atom. The van der Waals surface area contributed by atoms with Gasteiger partial charge in [0.05, 0.1) is 0 Å². The largest absolute Gasteiger partial charge is 0.425 e. The Labute approximate surface area is 126 Å². The molecule has 116 valence electrons. The molecule has 0 radical (unpaired) electrons. The zero-order valence-corrected chi connectivity index (χ0v) is 13.3. The molecule has 2 unspecified atom stereocenters. The third-order valence-corrected chi connectivity index (χ3v) is 6.13. The first-order valence-electron chi connectivity index (χ1n) is 8.43. The summed E-state index contributed by atoms with van der Waals surface area (Å²) in [6.07, 6.45) is 10.0. The fourth-order valence-corrected chi connectivity index (χ4v) is 6.79. The zero-order valence-electron chi connectivity index (χ0n) is 13.3. The molecule has 2 N–H and O–H groups in total. The van der Waals surface area contributed by atoms with Crippen molar-refractivity contribution < 1.29 is 4.42 Å². The molecule has 4 fully saturated rings. The van der Waals surface area contributed by atoms with E-state index in [1.54, 1.807) is 0 Å². The van der Waals surface area contributed by atoms with Crippen LogP contribution in [0.15, 0.2) is 4.42 Å². The number of aromatic nitrogens is 2. The Kier molecular flexibility index (Phi) is 2.82. The molecule has 0 amide bonds. The predicted octanol–water partition coefficient (Wildman–Crippen LogP) is 3.11. The third kappa shape index (κ3) is 2.32. The van der Waals surface area contributed by atoms with Gasteiger partial charge in [-0.3, -0.25) is 0 Å². The molecule has 4 saturated carbocycles. The van der Waals surface area contributed by atoms with Crippen LogP contribution in [0.25, 0.3) is 0 Å². The first kappa shape index (κ1) is 13.7. The highest BCUT2D eigenvalue weighted by molar-refractivity contribution is 5.12. The highest BCUT2D eigenvalue weighted by Gasteiger charge is 2.60. The summed E-state index contributed by atoms with van der Waals surface area (Å²) in [6.45, 7) is 5.60. The summed E-state index contributed by atoms with van der Waals surface area (Å²) < 4.78 is 5.83. The summed E-state index contributed by atoms with van der Waals surface area (Å²) in [5.41, 5.74) is 7.08. The van der Waals surface area contributed by atoms with Crippen molar-refractivity contribution in [1.29, 1.82) is 0 Å². The Morgan fingerprint density at radius 1 is 1.05 bits per heavy atom. The second-order valence-electron chi connectivity index (χ2n) is 8.94. The van der Waals surface area contributed by atoms with Gasteiger partial charge < -0.3 is 10.2 Å². The van der Waals surface area contributed by atoms with Gasteiger partial charge in [0.2, 0.25) is 11.8 Å². The summed E-state index contributed by atoms with van der Waals surface area (Å²) in [4.78, 5) is 0. The van der Waals surface area contributed by atoms with Gasteiger partial charge in [0, 0.05) is 19.4 Å². The van der Waals surface area contributed by atoms with E-state index in [1.807, 2.05) is 0 Å². The van der Waals surface area contributed by atoms with Crippen LogP contribution in [-0.4, -0.2) is 16.7 Å². The van der Waals surface area contributed by atoms with E-state index >= 15 is 0 Å². The molecule has 2 atom stereocenters. The van der Waals surface area contributed by atoms with Crippen LogP contribution in [0.2, 0.25) is 0 Å². The summed E-state index contributed by atoms with van der Waals surface area (Å²) in [7, 11) is 0. The summed E-state index contributed by atoms with van der Waals surface area (Å²) in [5, 5.41) is 8.43. The monoisotopic (exact) mass is 289 g/mol. The van der Waals surface area contributed by atoms with Gasteiger partial charge >= 0.3 is 0 Å². The van der Waals surface area contributed by atoms with Crippen molar-refractivity contribution in [3.05, 3.63) is 11.8 Å². The maximum absolute atomic E-state index is 5.83. The molecule has 4 heteroatoms. The average molecular weight is 289 g/mol. The van der Waals surface area contributed by atoms with Crippen LogP contribution >= 0.6 is 0 Å². The highest BCUT2D eigenvalue weighted by Crippen LogP contribution is 2.70. The molecule has 0 saturated heterocycles. The van der Waals surface area contributed by atoms with E-state index in [0.29, 0.717) is 35.1 Å². The second kappa shape index (κ2) is 4.31. The Hall–Kier alpha value is -0.900. The Morgan fingerprint density at radius 3 is 2.33 bits per heavy atom. The Balaban J connectivity index is 1.59. The maximum atomic E-state index is 5.83. The first-order chi connectivity index (χ1) is 9.92. The van der Waals surface area contributed by atoms with Crippen LogP contribution in [0.1, 0.15) is 64.2 Å². The van der Waals surface area contributed by atoms with Crippen molar-refractivity contribution in [1.82, 2.24) is 10.2 Å². The molecule has 1 aromatic rings. The van der Waals surface area contributed by atoms with Crippen LogP contribution in [0.3, 0.4) is 0 Å². The third-order valence-electron chi connectivity index (χ3n) is 6.13. The van der Waals surface area contributed by atoms with E-state index in [0.717, 1.165) is 18.2 Å². The lowest BCUT2D eigenvalue weighted by molar-refractivity contribution is -0.145. The second-order valence-corrected chi connectivity index (χ2v) is 8.94. The molecular formula is C17H27N3O. The maximum Gasteiger partial charge on any atom is 0.217 e. The number of rotatable bonds is 4. The molecule has 1 heterocycles. The quantitative estimate of drug-likeness (QED) is 0.925. The zero-order chi connectivity index (χ0) is 14.7. The van der Waals surface area contributed by atoms with E-state index in [-0.39, 0.29) is 0 Å². The van der Waals surface area contributed by atoms with Crippen LogP contribution in [0, 0.1) is 22.2 Å².